The van der Waals surface area contributed by atoms with Crippen molar-refractivity contribution >= 4 is 17.5 Å². The standard InChI is InChI=1S/C22H27N3O2/c1-4-24-11-13-25(14-12-24)22(27)19-10-6-9-18(15-19)21(26)23-20-16(2)7-5-8-17(20)3/h5-10,15H,4,11-14H2,1-3H3,(H,23,26). The molecule has 27 heavy (non-hydrogen) atoms. The molecule has 0 saturated carbocycles. The van der Waals surface area contributed by atoms with Crippen molar-refractivity contribution < 1.29 is 9.59 Å². The number of nitrogens with zero attached hydrogens (tertiary/aromatic N) is 2. The fourth-order valence-electron chi connectivity index (χ4n) is 3.44. The van der Waals surface area contributed by atoms with Gasteiger partial charge < -0.3 is 15.1 Å². The quantitative estimate of drug-likeness (QED) is 0.904. The van der Waals surface area contributed by atoms with E-state index in [0.717, 1.165) is 49.5 Å². The highest BCUT2D eigenvalue weighted by Crippen LogP contribution is 2.21. The number of piperazine rings is 1. The lowest BCUT2D eigenvalue weighted by atomic mass is 10.1. The van der Waals surface area contributed by atoms with Gasteiger partial charge >= 0.3 is 0 Å². The Morgan fingerprint density at radius 2 is 1.52 bits per heavy atom. The highest BCUT2D eigenvalue weighted by atomic mass is 16.2. The molecule has 0 unspecified atom stereocenters. The van der Waals surface area contributed by atoms with Gasteiger partial charge in [0.15, 0.2) is 0 Å². The van der Waals surface area contributed by atoms with Gasteiger partial charge in [-0.05, 0) is 49.7 Å². The largest absolute Gasteiger partial charge is 0.336 e. The van der Waals surface area contributed by atoms with E-state index in [1.807, 2.05) is 36.9 Å². The number of para-hydroxylation sites is 1. The van der Waals surface area contributed by atoms with E-state index in [1.54, 1.807) is 24.3 Å². The molecule has 3 rings (SSSR count). The summed E-state index contributed by atoms with van der Waals surface area (Å²) in [6.07, 6.45) is 0. The lowest BCUT2D eigenvalue weighted by molar-refractivity contribution is 0.0643. The molecule has 2 aromatic rings. The number of nitrogens with one attached hydrogen (secondary N) is 1. The molecule has 1 saturated heterocycles. The number of anilines is 1. The van der Waals surface area contributed by atoms with Gasteiger partial charge in [0.05, 0.1) is 0 Å². The van der Waals surface area contributed by atoms with E-state index in [4.69, 9.17) is 0 Å². The molecule has 1 aliphatic rings. The van der Waals surface area contributed by atoms with Crippen LogP contribution >= 0.6 is 0 Å². The summed E-state index contributed by atoms with van der Waals surface area (Å²) in [7, 11) is 0. The summed E-state index contributed by atoms with van der Waals surface area (Å²) in [6, 6.07) is 12.9. The Bertz CT molecular complexity index is 819. The fraction of sp³-hybridized carbons (Fsp3) is 0.364. The van der Waals surface area contributed by atoms with Crippen molar-refractivity contribution in [2.24, 2.45) is 0 Å². The molecule has 1 aliphatic heterocycles. The first kappa shape index (κ1) is 19.1. The van der Waals surface area contributed by atoms with Crippen LogP contribution in [0.25, 0.3) is 0 Å². The predicted molar refractivity (Wildman–Crippen MR) is 108 cm³/mol. The number of hydrogen-bond acceptors (Lipinski definition) is 3. The maximum atomic E-state index is 12.8. The Hall–Kier alpha value is -2.66. The van der Waals surface area contributed by atoms with Gasteiger partial charge in [0, 0.05) is 43.0 Å². The molecule has 2 aromatic carbocycles. The third kappa shape index (κ3) is 4.37. The molecule has 0 atom stereocenters. The molecule has 1 N–H and O–H groups in total. The molecule has 1 fully saturated rings. The minimum absolute atomic E-state index is 0.00697. The number of hydrogen-bond donors (Lipinski definition) is 1. The van der Waals surface area contributed by atoms with Crippen LogP contribution in [-0.4, -0.2) is 54.3 Å². The Kier molecular flexibility index (Phi) is 5.91. The normalized spacial score (nSPS) is 14.9. The van der Waals surface area contributed by atoms with Crippen molar-refractivity contribution in [1.82, 2.24) is 9.80 Å². The minimum atomic E-state index is -0.196. The maximum absolute atomic E-state index is 12.8. The van der Waals surface area contributed by atoms with Crippen molar-refractivity contribution in [2.75, 3.05) is 38.0 Å². The zero-order chi connectivity index (χ0) is 19.4. The Morgan fingerprint density at radius 3 is 2.15 bits per heavy atom. The van der Waals surface area contributed by atoms with Crippen LogP contribution in [0.2, 0.25) is 0 Å². The molecule has 0 bridgehead atoms. The number of benzene rings is 2. The van der Waals surface area contributed by atoms with Crippen molar-refractivity contribution in [3.05, 3.63) is 64.7 Å². The van der Waals surface area contributed by atoms with Gasteiger partial charge in [0.2, 0.25) is 0 Å². The van der Waals surface area contributed by atoms with Gasteiger partial charge in [-0.25, -0.2) is 0 Å². The average Bonchev–Trinajstić information content (AvgIpc) is 2.70. The SMILES string of the molecule is CCN1CCN(C(=O)c2cccc(C(=O)Nc3c(C)cccc3C)c2)CC1. The fourth-order valence-corrected chi connectivity index (χ4v) is 3.44. The van der Waals surface area contributed by atoms with Gasteiger partial charge in [0.25, 0.3) is 11.8 Å². The number of carbonyl (C=O) groups excluding carboxylic acids is 2. The van der Waals surface area contributed by atoms with Crippen molar-refractivity contribution in [2.45, 2.75) is 20.8 Å². The zero-order valence-electron chi connectivity index (χ0n) is 16.3. The van der Waals surface area contributed by atoms with E-state index < -0.39 is 0 Å². The van der Waals surface area contributed by atoms with Crippen LogP contribution in [0.4, 0.5) is 5.69 Å². The highest BCUT2D eigenvalue weighted by Gasteiger charge is 2.22. The van der Waals surface area contributed by atoms with Crippen molar-refractivity contribution in [3.63, 3.8) is 0 Å². The molecule has 0 spiro atoms. The van der Waals surface area contributed by atoms with E-state index in [9.17, 15) is 9.59 Å². The molecular formula is C22H27N3O2. The van der Waals surface area contributed by atoms with Gasteiger partial charge in [-0.2, -0.15) is 0 Å². The molecule has 2 amide bonds. The average molecular weight is 365 g/mol. The number of rotatable bonds is 4. The highest BCUT2D eigenvalue weighted by molar-refractivity contribution is 6.06. The number of amides is 2. The van der Waals surface area contributed by atoms with Gasteiger partial charge in [-0.1, -0.05) is 31.2 Å². The second-order valence-electron chi connectivity index (χ2n) is 7.03. The summed E-state index contributed by atoms with van der Waals surface area (Å²) in [5.41, 5.74) is 3.92. The van der Waals surface area contributed by atoms with Crippen LogP contribution in [0, 0.1) is 13.8 Å². The lowest BCUT2D eigenvalue weighted by Crippen LogP contribution is -2.48. The van der Waals surface area contributed by atoms with Crippen molar-refractivity contribution in [3.8, 4) is 0 Å². The van der Waals surface area contributed by atoms with E-state index in [0.29, 0.717) is 11.1 Å². The summed E-state index contributed by atoms with van der Waals surface area (Å²) < 4.78 is 0. The Morgan fingerprint density at radius 1 is 0.926 bits per heavy atom. The third-order valence-electron chi connectivity index (χ3n) is 5.20. The summed E-state index contributed by atoms with van der Waals surface area (Å²) in [4.78, 5) is 29.7. The molecule has 0 radical (unpaired) electrons. The molecule has 5 nitrogen and oxygen atoms in total. The summed E-state index contributed by atoms with van der Waals surface area (Å²) >= 11 is 0. The van der Waals surface area contributed by atoms with Crippen molar-refractivity contribution in [1.29, 1.82) is 0 Å². The number of carbonyl (C=O) groups is 2. The summed E-state index contributed by atoms with van der Waals surface area (Å²) in [5, 5.41) is 2.98. The molecule has 0 aromatic heterocycles. The first-order chi connectivity index (χ1) is 13.0. The van der Waals surface area contributed by atoms with Gasteiger partial charge in [0.1, 0.15) is 0 Å². The van der Waals surface area contributed by atoms with E-state index in [-0.39, 0.29) is 11.8 Å². The first-order valence-electron chi connectivity index (χ1n) is 9.49. The summed E-state index contributed by atoms with van der Waals surface area (Å²) in [6.45, 7) is 10.3. The molecule has 1 heterocycles. The summed E-state index contributed by atoms with van der Waals surface area (Å²) in [5.74, 6) is -0.203. The second-order valence-corrected chi connectivity index (χ2v) is 7.03. The number of aryl methyl sites for hydroxylation is 2. The topological polar surface area (TPSA) is 52.7 Å². The van der Waals surface area contributed by atoms with Gasteiger partial charge in [-0.15, -0.1) is 0 Å². The Balaban J connectivity index is 1.73. The van der Waals surface area contributed by atoms with E-state index in [2.05, 4.69) is 17.1 Å². The third-order valence-corrected chi connectivity index (χ3v) is 5.20. The lowest BCUT2D eigenvalue weighted by Gasteiger charge is -2.34. The van der Waals surface area contributed by atoms with E-state index in [1.165, 1.54) is 0 Å². The predicted octanol–water partition coefficient (Wildman–Crippen LogP) is 3.33. The molecule has 0 aliphatic carbocycles. The van der Waals surface area contributed by atoms with Crippen LogP contribution in [0.1, 0.15) is 38.8 Å². The minimum Gasteiger partial charge on any atom is -0.336 e. The van der Waals surface area contributed by atoms with Gasteiger partial charge in [-0.3, -0.25) is 9.59 Å². The van der Waals surface area contributed by atoms with Crippen LogP contribution in [-0.2, 0) is 0 Å². The maximum Gasteiger partial charge on any atom is 0.255 e. The van der Waals surface area contributed by atoms with Crippen LogP contribution in [0.5, 0.6) is 0 Å². The first-order valence-corrected chi connectivity index (χ1v) is 9.49. The van der Waals surface area contributed by atoms with Crippen LogP contribution < -0.4 is 5.32 Å². The zero-order valence-corrected chi connectivity index (χ0v) is 16.3. The van der Waals surface area contributed by atoms with Crippen LogP contribution in [0.15, 0.2) is 42.5 Å². The number of likely N-dealkylation sites (N-methyl/N-ethyl adjacent to an activating group) is 1. The second kappa shape index (κ2) is 8.35. The molecular weight excluding hydrogens is 338 g/mol. The van der Waals surface area contributed by atoms with E-state index >= 15 is 0 Å². The van der Waals surface area contributed by atoms with Crippen LogP contribution in [0.3, 0.4) is 0 Å². The smallest absolute Gasteiger partial charge is 0.255 e. The monoisotopic (exact) mass is 365 g/mol. The Labute approximate surface area is 161 Å². The molecule has 142 valence electrons. The molecule has 5 heteroatoms.